The zero-order chi connectivity index (χ0) is 14.3. The average molecular weight is 277 g/mol. The largest absolute Gasteiger partial charge is 0.480 e. The number of hydrogen-bond acceptors (Lipinski definition) is 4. The molecule has 0 radical (unpaired) electrons. The standard InChI is InChI=1S/C10H19N3O4S/c1-4-5-13(8-10(14)15)18(16,17)12(3)7-9(2)6-11/h9H,4-5,7-8H2,1-3H3,(H,14,15). The smallest absolute Gasteiger partial charge is 0.318 e. The predicted octanol–water partition coefficient (Wildman–Crippen LogP) is 0.119. The van der Waals surface area contributed by atoms with Gasteiger partial charge < -0.3 is 5.11 Å². The maximum Gasteiger partial charge on any atom is 0.318 e. The van der Waals surface area contributed by atoms with E-state index in [0.29, 0.717) is 6.42 Å². The van der Waals surface area contributed by atoms with Crippen molar-refractivity contribution < 1.29 is 18.3 Å². The third-order valence-electron chi connectivity index (χ3n) is 2.26. The second kappa shape index (κ2) is 7.31. The number of hydrogen-bond donors (Lipinski definition) is 1. The van der Waals surface area contributed by atoms with Gasteiger partial charge >= 0.3 is 5.97 Å². The number of carboxylic acids is 1. The first-order chi connectivity index (χ1) is 8.25. The van der Waals surface area contributed by atoms with Gasteiger partial charge in [0.15, 0.2) is 0 Å². The fraction of sp³-hybridized carbons (Fsp3) is 0.800. The van der Waals surface area contributed by atoms with Crippen LogP contribution in [0.15, 0.2) is 0 Å². The van der Waals surface area contributed by atoms with Crippen LogP contribution in [0.5, 0.6) is 0 Å². The summed E-state index contributed by atoms with van der Waals surface area (Å²) in [7, 11) is -2.49. The number of carboxylic acid groups (broad SMARTS) is 1. The summed E-state index contributed by atoms with van der Waals surface area (Å²) >= 11 is 0. The fourth-order valence-electron chi connectivity index (χ4n) is 1.39. The van der Waals surface area contributed by atoms with E-state index >= 15 is 0 Å². The molecule has 7 nitrogen and oxygen atoms in total. The maximum absolute atomic E-state index is 12.1. The van der Waals surface area contributed by atoms with Crippen molar-refractivity contribution in [3.63, 3.8) is 0 Å². The molecule has 0 spiro atoms. The molecule has 1 unspecified atom stereocenters. The molecule has 0 amide bonds. The Morgan fingerprint density at radius 3 is 2.44 bits per heavy atom. The van der Waals surface area contributed by atoms with E-state index in [1.807, 2.05) is 6.07 Å². The van der Waals surface area contributed by atoms with Crippen LogP contribution in [0, 0.1) is 17.2 Å². The third-order valence-corrected chi connectivity index (χ3v) is 4.16. The molecule has 0 aliphatic heterocycles. The second-order valence-corrected chi connectivity index (χ2v) is 6.08. The number of carbonyl (C=O) groups is 1. The highest BCUT2D eigenvalue weighted by molar-refractivity contribution is 7.86. The van der Waals surface area contributed by atoms with E-state index in [1.54, 1.807) is 13.8 Å². The quantitative estimate of drug-likeness (QED) is 0.679. The Morgan fingerprint density at radius 2 is 2.06 bits per heavy atom. The molecule has 0 bridgehead atoms. The topological polar surface area (TPSA) is 102 Å². The van der Waals surface area contributed by atoms with Crippen molar-refractivity contribution in [1.82, 2.24) is 8.61 Å². The molecule has 0 saturated carbocycles. The Morgan fingerprint density at radius 1 is 1.50 bits per heavy atom. The lowest BCUT2D eigenvalue weighted by Crippen LogP contribution is -2.45. The molecule has 0 aromatic carbocycles. The molecular weight excluding hydrogens is 258 g/mol. The van der Waals surface area contributed by atoms with Gasteiger partial charge in [-0.25, -0.2) is 0 Å². The monoisotopic (exact) mass is 277 g/mol. The molecule has 0 rings (SSSR count). The SMILES string of the molecule is CCCN(CC(=O)O)S(=O)(=O)N(C)CC(C)C#N. The maximum atomic E-state index is 12.1. The van der Waals surface area contributed by atoms with E-state index in [9.17, 15) is 13.2 Å². The van der Waals surface area contributed by atoms with Crippen molar-refractivity contribution in [3.05, 3.63) is 0 Å². The Bertz CT molecular complexity index is 415. The summed E-state index contributed by atoms with van der Waals surface area (Å²) in [6, 6.07) is 1.94. The van der Waals surface area contributed by atoms with Gasteiger partial charge in [-0.15, -0.1) is 0 Å². The molecule has 8 heteroatoms. The molecule has 0 fully saturated rings. The molecule has 0 aromatic rings. The number of rotatable bonds is 8. The van der Waals surface area contributed by atoms with Crippen molar-refractivity contribution in [1.29, 1.82) is 5.26 Å². The molecule has 0 aliphatic rings. The average Bonchev–Trinajstić information content (AvgIpc) is 2.27. The molecule has 0 aromatic heterocycles. The van der Waals surface area contributed by atoms with Gasteiger partial charge in [0.05, 0.1) is 12.0 Å². The Labute approximate surface area is 108 Å². The minimum Gasteiger partial charge on any atom is -0.480 e. The van der Waals surface area contributed by atoms with E-state index < -0.39 is 28.6 Å². The summed E-state index contributed by atoms with van der Waals surface area (Å²) in [6.07, 6.45) is 0.522. The summed E-state index contributed by atoms with van der Waals surface area (Å²) in [4.78, 5) is 10.7. The Kier molecular flexibility index (Phi) is 6.83. The summed E-state index contributed by atoms with van der Waals surface area (Å²) in [6.45, 7) is 2.98. The number of nitriles is 1. The molecule has 0 aliphatic carbocycles. The van der Waals surface area contributed by atoms with Crippen LogP contribution in [0.3, 0.4) is 0 Å². The van der Waals surface area contributed by atoms with Crippen LogP contribution in [0.2, 0.25) is 0 Å². The first-order valence-corrected chi connectivity index (χ1v) is 6.98. The van der Waals surface area contributed by atoms with Crippen LogP contribution < -0.4 is 0 Å². The van der Waals surface area contributed by atoms with Gasteiger partial charge in [-0.3, -0.25) is 4.79 Å². The minimum absolute atomic E-state index is 0.0403. The lowest BCUT2D eigenvalue weighted by molar-refractivity contribution is -0.137. The van der Waals surface area contributed by atoms with Crippen molar-refractivity contribution in [3.8, 4) is 6.07 Å². The molecular formula is C10H19N3O4S. The fourth-order valence-corrected chi connectivity index (χ4v) is 2.89. The van der Waals surface area contributed by atoms with E-state index in [1.165, 1.54) is 7.05 Å². The first-order valence-electron chi connectivity index (χ1n) is 5.58. The second-order valence-electron chi connectivity index (χ2n) is 4.05. The van der Waals surface area contributed by atoms with Crippen LogP contribution in [-0.2, 0) is 15.0 Å². The summed E-state index contributed by atoms with van der Waals surface area (Å²) in [5.74, 6) is -1.65. The molecule has 1 N–H and O–H groups in total. The number of aliphatic carboxylic acids is 1. The van der Waals surface area contributed by atoms with E-state index in [0.717, 1.165) is 8.61 Å². The molecule has 104 valence electrons. The van der Waals surface area contributed by atoms with Crippen LogP contribution in [-0.4, -0.2) is 54.8 Å². The van der Waals surface area contributed by atoms with E-state index in [2.05, 4.69) is 0 Å². The van der Waals surface area contributed by atoms with E-state index in [-0.39, 0.29) is 13.1 Å². The normalized spacial score (nSPS) is 13.6. The van der Waals surface area contributed by atoms with Gasteiger partial charge in [0.2, 0.25) is 0 Å². The van der Waals surface area contributed by atoms with Crippen LogP contribution in [0.4, 0.5) is 0 Å². The lowest BCUT2D eigenvalue weighted by atomic mass is 10.2. The van der Waals surface area contributed by atoms with Crippen LogP contribution in [0.1, 0.15) is 20.3 Å². The lowest BCUT2D eigenvalue weighted by Gasteiger charge is -2.26. The first kappa shape index (κ1) is 16.8. The Hall–Kier alpha value is -1.17. The molecule has 18 heavy (non-hydrogen) atoms. The van der Waals surface area contributed by atoms with E-state index in [4.69, 9.17) is 10.4 Å². The third kappa shape index (κ3) is 5.00. The summed E-state index contributed by atoms with van der Waals surface area (Å²) in [5, 5.41) is 17.4. The number of nitrogens with zero attached hydrogens (tertiary/aromatic N) is 3. The van der Waals surface area contributed by atoms with Gasteiger partial charge in [0.25, 0.3) is 10.2 Å². The van der Waals surface area contributed by atoms with Gasteiger partial charge in [-0.2, -0.15) is 22.3 Å². The molecule has 0 heterocycles. The van der Waals surface area contributed by atoms with Crippen molar-refractivity contribution >= 4 is 16.2 Å². The van der Waals surface area contributed by atoms with Gasteiger partial charge in [-0.05, 0) is 13.3 Å². The molecule has 1 atom stereocenters. The van der Waals surface area contributed by atoms with Gasteiger partial charge in [0.1, 0.15) is 6.54 Å². The van der Waals surface area contributed by atoms with Crippen molar-refractivity contribution in [2.24, 2.45) is 5.92 Å². The van der Waals surface area contributed by atoms with Crippen molar-refractivity contribution in [2.45, 2.75) is 20.3 Å². The predicted molar refractivity (Wildman–Crippen MR) is 65.8 cm³/mol. The zero-order valence-corrected chi connectivity index (χ0v) is 11.6. The highest BCUT2D eigenvalue weighted by atomic mass is 32.2. The highest BCUT2D eigenvalue weighted by Gasteiger charge is 2.28. The zero-order valence-electron chi connectivity index (χ0n) is 10.8. The summed E-state index contributed by atoms with van der Waals surface area (Å²) in [5.41, 5.74) is 0. The molecule has 0 saturated heterocycles. The highest BCUT2D eigenvalue weighted by Crippen LogP contribution is 2.09. The Balaban J connectivity index is 4.94. The summed E-state index contributed by atoms with van der Waals surface area (Å²) < 4.78 is 26.1. The minimum atomic E-state index is -3.83. The van der Waals surface area contributed by atoms with Gasteiger partial charge in [-0.1, -0.05) is 6.92 Å². The van der Waals surface area contributed by atoms with Crippen LogP contribution >= 0.6 is 0 Å². The van der Waals surface area contributed by atoms with Crippen LogP contribution in [0.25, 0.3) is 0 Å². The van der Waals surface area contributed by atoms with Crippen molar-refractivity contribution in [2.75, 3.05) is 26.7 Å². The van der Waals surface area contributed by atoms with Gasteiger partial charge in [0, 0.05) is 20.1 Å².